The SMILES string of the molecule is CCOc1cc(-c2nncn2C)ccc1Nc1ncc2ccc(C3=CCOCC3)n2n1. The fourth-order valence-corrected chi connectivity index (χ4v) is 3.67. The molecule has 0 atom stereocenters. The van der Waals surface area contributed by atoms with Crippen molar-refractivity contribution in [1.82, 2.24) is 29.4 Å². The zero-order valence-electron chi connectivity index (χ0n) is 17.4. The first kappa shape index (κ1) is 19.3. The topological polar surface area (TPSA) is 91.4 Å². The third-order valence-electron chi connectivity index (χ3n) is 5.19. The fraction of sp³-hybridized carbons (Fsp3) is 0.273. The van der Waals surface area contributed by atoms with Gasteiger partial charge in [-0.2, -0.15) is 0 Å². The summed E-state index contributed by atoms with van der Waals surface area (Å²) < 4.78 is 15.1. The van der Waals surface area contributed by atoms with Gasteiger partial charge in [0.15, 0.2) is 5.82 Å². The van der Waals surface area contributed by atoms with Crippen LogP contribution in [0.1, 0.15) is 19.0 Å². The van der Waals surface area contributed by atoms with E-state index in [0.29, 0.717) is 24.9 Å². The highest BCUT2D eigenvalue weighted by molar-refractivity contribution is 5.71. The third kappa shape index (κ3) is 3.75. The quantitative estimate of drug-likeness (QED) is 0.514. The van der Waals surface area contributed by atoms with Crippen molar-refractivity contribution in [2.24, 2.45) is 7.05 Å². The van der Waals surface area contributed by atoms with E-state index in [1.54, 1.807) is 6.33 Å². The zero-order valence-corrected chi connectivity index (χ0v) is 17.4. The Kier molecular flexibility index (Phi) is 5.09. The smallest absolute Gasteiger partial charge is 0.245 e. The first-order valence-electron chi connectivity index (χ1n) is 10.2. The number of nitrogens with zero attached hydrogens (tertiary/aromatic N) is 6. The fourth-order valence-electron chi connectivity index (χ4n) is 3.67. The van der Waals surface area contributed by atoms with Crippen LogP contribution in [0.2, 0.25) is 0 Å². The Labute approximate surface area is 179 Å². The van der Waals surface area contributed by atoms with Crippen LogP contribution < -0.4 is 10.1 Å². The van der Waals surface area contributed by atoms with Gasteiger partial charge in [0, 0.05) is 12.6 Å². The second-order valence-corrected chi connectivity index (χ2v) is 7.23. The Balaban J connectivity index is 1.48. The van der Waals surface area contributed by atoms with Crippen LogP contribution >= 0.6 is 0 Å². The first-order chi connectivity index (χ1) is 15.2. The summed E-state index contributed by atoms with van der Waals surface area (Å²) in [6, 6.07) is 9.97. The van der Waals surface area contributed by atoms with Crippen LogP contribution in [0.3, 0.4) is 0 Å². The van der Waals surface area contributed by atoms with Gasteiger partial charge in [-0.3, -0.25) is 0 Å². The second-order valence-electron chi connectivity index (χ2n) is 7.23. The van der Waals surface area contributed by atoms with E-state index in [0.717, 1.165) is 41.3 Å². The van der Waals surface area contributed by atoms with Gasteiger partial charge in [-0.05, 0) is 49.2 Å². The molecule has 1 aliphatic heterocycles. The Morgan fingerprint density at radius 2 is 2.16 bits per heavy atom. The van der Waals surface area contributed by atoms with E-state index in [4.69, 9.17) is 14.6 Å². The summed E-state index contributed by atoms with van der Waals surface area (Å²) in [6.07, 6.45) is 6.47. The lowest BCUT2D eigenvalue weighted by atomic mass is 10.1. The highest BCUT2D eigenvalue weighted by Crippen LogP contribution is 2.32. The molecule has 1 aromatic carbocycles. The summed E-state index contributed by atoms with van der Waals surface area (Å²) in [4.78, 5) is 4.48. The molecule has 0 aliphatic carbocycles. The van der Waals surface area contributed by atoms with Gasteiger partial charge >= 0.3 is 0 Å². The van der Waals surface area contributed by atoms with Crippen molar-refractivity contribution in [1.29, 1.82) is 0 Å². The van der Waals surface area contributed by atoms with Crippen molar-refractivity contribution < 1.29 is 9.47 Å². The van der Waals surface area contributed by atoms with E-state index < -0.39 is 0 Å². The second kappa shape index (κ2) is 8.19. The van der Waals surface area contributed by atoms with E-state index in [1.165, 1.54) is 5.57 Å². The minimum atomic E-state index is 0.491. The maximum atomic E-state index is 5.87. The molecule has 0 spiro atoms. The van der Waals surface area contributed by atoms with Crippen molar-refractivity contribution >= 4 is 22.7 Å². The number of nitrogens with one attached hydrogen (secondary N) is 1. The molecule has 0 fully saturated rings. The van der Waals surface area contributed by atoms with Crippen LogP contribution in [0, 0.1) is 0 Å². The zero-order chi connectivity index (χ0) is 21.2. The van der Waals surface area contributed by atoms with E-state index in [9.17, 15) is 0 Å². The van der Waals surface area contributed by atoms with E-state index in [2.05, 4.69) is 32.6 Å². The van der Waals surface area contributed by atoms with Gasteiger partial charge in [-0.25, -0.2) is 9.50 Å². The van der Waals surface area contributed by atoms with Crippen molar-refractivity contribution in [3.05, 3.63) is 54.6 Å². The van der Waals surface area contributed by atoms with Crippen LogP contribution in [0.4, 0.5) is 11.6 Å². The number of hydrogen-bond donors (Lipinski definition) is 1. The van der Waals surface area contributed by atoms with Gasteiger partial charge in [-0.15, -0.1) is 15.3 Å². The van der Waals surface area contributed by atoms with Gasteiger partial charge in [0.1, 0.15) is 12.1 Å². The van der Waals surface area contributed by atoms with Crippen LogP contribution in [0.15, 0.2) is 48.9 Å². The Morgan fingerprint density at radius 1 is 1.23 bits per heavy atom. The summed E-state index contributed by atoms with van der Waals surface area (Å²) in [5.41, 5.74) is 4.94. The Morgan fingerprint density at radius 3 is 2.94 bits per heavy atom. The van der Waals surface area contributed by atoms with Gasteiger partial charge in [0.05, 0.1) is 42.9 Å². The maximum Gasteiger partial charge on any atom is 0.245 e. The minimum Gasteiger partial charge on any atom is -0.492 e. The third-order valence-corrected chi connectivity index (χ3v) is 5.19. The predicted octanol–water partition coefficient (Wildman–Crippen LogP) is 3.47. The lowest BCUT2D eigenvalue weighted by Crippen LogP contribution is -2.08. The number of hydrogen-bond acceptors (Lipinski definition) is 7. The van der Waals surface area contributed by atoms with E-state index >= 15 is 0 Å². The summed E-state index contributed by atoms with van der Waals surface area (Å²) in [7, 11) is 1.91. The van der Waals surface area contributed by atoms with Crippen LogP contribution in [-0.2, 0) is 11.8 Å². The van der Waals surface area contributed by atoms with Gasteiger partial charge < -0.3 is 19.4 Å². The van der Waals surface area contributed by atoms with Crippen LogP contribution in [-0.4, -0.2) is 49.2 Å². The molecule has 0 saturated heterocycles. The molecule has 31 heavy (non-hydrogen) atoms. The molecule has 0 bridgehead atoms. The number of rotatable bonds is 6. The molecule has 0 saturated carbocycles. The molecular weight excluding hydrogens is 394 g/mol. The molecule has 158 valence electrons. The van der Waals surface area contributed by atoms with Crippen molar-refractivity contribution in [3.8, 4) is 17.1 Å². The molecule has 0 unspecified atom stereocenters. The molecule has 5 rings (SSSR count). The largest absolute Gasteiger partial charge is 0.492 e. The average molecular weight is 417 g/mol. The summed E-state index contributed by atoms with van der Waals surface area (Å²) in [5.74, 6) is 1.96. The van der Waals surface area contributed by atoms with Crippen molar-refractivity contribution in [2.75, 3.05) is 25.1 Å². The first-order valence-corrected chi connectivity index (χ1v) is 10.2. The number of anilines is 2. The maximum absolute atomic E-state index is 5.87. The van der Waals surface area contributed by atoms with Crippen molar-refractivity contribution in [2.45, 2.75) is 13.3 Å². The molecule has 4 aromatic rings. The number of benzene rings is 1. The number of aryl methyl sites for hydroxylation is 1. The molecule has 0 radical (unpaired) electrons. The molecular formula is C22H23N7O2. The highest BCUT2D eigenvalue weighted by atomic mass is 16.5. The Bertz CT molecular complexity index is 1260. The van der Waals surface area contributed by atoms with E-state index in [1.807, 2.05) is 53.5 Å². The summed E-state index contributed by atoms with van der Waals surface area (Å²) in [5, 5.41) is 16.2. The Hall–Kier alpha value is -3.72. The number of aromatic nitrogens is 6. The van der Waals surface area contributed by atoms with Gasteiger partial charge in [0.25, 0.3) is 0 Å². The summed E-state index contributed by atoms with van der Waals surface area (Å²) in [6.45, 7) is 3.85. The average Bonchev–Trinajstić information content (AvgIpc) is 3.41. The van der Waals surface area contributed by atoms with Crippen LogP contribution in [0.25, 0.3) is 22.5 Å². The van der Waals surface area contributed by atoms with E-state index in [-0.39, 0.29) is 0 Å². The normalized spacial score (nSPS) is 13.9. The predicted molar refractivity (Wildman–Crippen MR) is 117 cm³/mol. The van der Waals surface area contributed by atoms with Gasteiger partial charge in [0.2, 0.25) is 5.95 Å². The molecule has 0 amide bonds. The number of fused-ring (bicyclic) bond motifs is 1. The standard InChI is InChI=1S/C22H23N7O2/c1-3-31-20-12-16(21-26-24-14-28(21)2)4-6-18(20)25-22-23-13-17-5-7-19(29(17)27-22)15-8-10-30-11-9-15/h4-8,12-14H,3,9-11H2,1-2H3,(H,25,27). The number of ether oxygens (including phenoxy) is 2. The lowest BCUT2D eigenvalue weighted by Gasteiger charge is -2.15. The highest BCUT2D eigenvalue weighted by Gasteiger charge is 2.14. The molecule has 3 aromatic heterocycles. The molecule has 9 nitrogen and oxygen atoms in total. The van der Waals surface area contributed by atoms with Crippen molar-refractivity contribution in [3.63, 3.8) is 0 Å². The molecule has 1 N–H and O–H groups in total. The molecule has 9 heteroatoms. The van der Waals surface area contributed by atoms with Crippen LogP contribution in [0.5, 0.6) is 5.75 Å². The van der Waals surface area contributed by atoms with Gasteiger partial charge in [-0.1, -0.05) is 6.08 Å². The summed E-state index contributed by atoms with van der Waals surface area (Å²) >= 11 is 0. The lowest BCUT2D eigenvalue weighted by molar-refractivity contribution is 0.161. The minimum absolute atomic E-state index is 0.491. The molecule has 4 heterocycles. The monoisotopic (exact) mass is 417 g/mol. The molecule has 1 aliphatic rings.